The number of amides is 1. The Balaban J connectivity index is 1.84. The molecule has 0 radical (unpaired) electrons. The van der Waals surface area contributed by atoms with Gasteiger partial charge in [-0.3, -0.25) is 9.59 Å². The number of hydrogen-bond acceptors (Lipinski definition) is 4. The number of aryl methyl sites for hydroxylation is 2. The van der Waals surface area contributed by atoms with Crippen LogP contribution in [0.25, 0.3) is 11.1 Å². The predicted molar refractivity (Wildman–Crippen MR) is 99.5 cm³/mol. The number of rotatable bonds is 6. The van der Waals surface area contributed by atoms with Crippen molar-refractivity contribution < 1.29 is 14.3 Å². The minimum absolute atomic E-state index is 0.0474. The summed E-state index contributed by atoms with van der Waals surface area (Å²) >= 11 is 5.84. The Morgan fingerprint density at radius 3 is 2.73 bits per heavy atom. The maximum Gasteiger partial charge on any atom is 0.257 e. The van der Waals surface area contributed by atoms with Gasteiger partial charge in [0.15, 0.2) is 0 Å². The SMILES string of the molecule is Cn1cc(C(=O)NCc2ccc(Cl)cc2)c(=O)c2cc(CCCO)oc21. The van der Waals surface area contributed by atoms with Gasteiger partial charge >= 0.3 is 0 Å². The molecule has 0 bridgehead atoms. The fraction of sp³-hybridized carbons (Fsp3) is 0.263. The van der Waals surface area contributed by atoms with E-state index in [0.29, 0.717) is 41.3 Å². The van der Waals surface area contributed by atoms with Crippen LogP contribution in [-0.2, 0) is 20.0 Å². The predicted octanol–water partition coefficient (Wildman–Crippen LogP) is 2.64. The molecule has 26 heavy (non-hydrogen) atoms. The first-order valence-corrected chi connectivity index (χ1v) is 8.63. The van der Waals surface area contributed by atoms with Crippen LogP contribution >= 0.6 is 11.6 Å². The molecule has 0 spiro atoms. The Bertz CT molecular complexity index is 989. The minimum atomic E-state index is -0.444. The number of aliphatic hydroxyl groups excluding tert-OH is 1. The number of hydrogen-bond donors (Lipinski definition) is 2. The summed E-state index contributed by atoms with van der Waals surface area (Å²) in [5.74, 6) is 0.168. The third kappa shape index (κ3) is 3.81. The molecule has 2 aromatic heterocycles. The Labute approximate surface area is 155 Å². The van der Waals surface area contributed by atoms with E-state index in [2.05, 4.69) is 5.32 Å². The van der Waals surface area contributed by atoms with Crippen molar-refractivity contribution in [1.82, 2.24) is 9.88 Å². The molecular weight excluding hydrogens is 356 g/mol. The van der Waals surface area contributed by atoms with Gasteiger partial charge in [0.25, 0.3) is 5.91 Å². The van der Waals surface area contributed by atoms with Crippen molar-refractivity contribution in [3.05, 3.63) is 68.7 Å². The van der Waals surface area contributed by atoms with Gasteiger partial charge in [0.1, 0.15) is 11.3 Å². The zero-order valence-corrected chi connectivity index (χ0v) is 15.0. The summed E-state index contributed by atoms with van der Waals surface area (Å²) in [5.41, 5.74) is 0.988. The van der Waals surface area contributed by atoms with E-state index in [1.807, 2.05) is 12.1 Å². The molecule has 0 fully saturated rings. The van der Waals surface area contributed by atoms with Crippen molar-refractivity contribution in [2.45, 2.75) is 19.4 Å². The van der Waals surface area contributed by atoms with Crippen LogP contribution in [0.15, 0.2) is 45.7 Å². The van der Waals surface area contributed by atoms with Crippen LogP contribution in [0.5, 0.6) is 0 Å². The Morgan fingerprint density at radius 1 is 1.31 bits per heavy atom. The van der Waals surface area contributed by atoms with Gasteiger partial charge in [0.05, 0.1) is 5.39 Å². The lowest BCUT2D eigenvalue weighted by molar-refractivity contribution is 0.0949. The highest BCUT2D eigenvalue weighted by atomic mass is 35.5. The zero-order valence-electron chi connectivity index (χ0n) is 14.3. The molecule has 2 heterocycles. The lowest BCUT2D eigenvalue weighted by Crippen LogP contribution is -2.29. The molecule has 6 nitrogen and oxygen atoms in total. The van der Waals surface area contributed by atoms with Crippen LogP contribution in [0.2, 0.25) is 5.02 Å². The lowest BCUT2D eigenvalue weighted by Gasteiger charge is -2.07. The number of furan rings is 1. The smallest absolute Gasteiger partial charge is 0.257 e. The number of carbonyl (C=O) groups excluding carboxylic acids is 1. The maximum absolute atomic E-state index is 12.7. The first kappa shape index (κ1) is 18.2. The molecule has 1 aromatic carbocycles. The molecule has 0 saturated carbocycles. The Hall–Kier alpha value is -2.57. The van der Waals surface area contributed by atoms with Crippen LogP contribution in [0.1, 0.15) is 28.1 Å². The van der Waals surface area contributed by atoms with Gasteiger partial charge in [0.2, 0.25) is 11.1 Å². The van der Waals surface area contributed by atoms with Gasteiger partial charge in [-0.1, -0.05) is 23.7 Å². The molecule has 2 N–H and O–H groups in total. The Morgan fingerprint density at radius 2 is 2.04 bits per heavy atom. The highest BCUT2D eigenvalue weighted by Gasteiger charge is 2.17. The number of halogens is 1. The van der Waals surface area contributed by atoms with Crippen molar-refractivity contribution >= 4 is 28.6 Å². The molecule has 0 atom stereocenters. The van der Waals surface area contributed by atoms with Crippen LogP contribution < -0.4 is 10.7 Å². The molecule has 0 aliphatic heterocycles. The van der Waals surface area contributed by atoms with Gasteiger partial charge in [-0.05, 0) is 30.2 Å². The first-order valence-electron chi connectivity index (χ1n) is 8.25. The van der Waals surface area contributed by atoms with E-state index < -0.39 is 5.91 Å². The standard InChI is InChI=1S/C19H19ClN2O4/c1-22-11-16(18(25)21-10-12-4-6-13(20)7-5-12)17(24)15-9-14(3-2-8-23)26-19(15)22/h4-7,9,11,23H,2-3,8,10H2,1H3,(H,21,25). The van der Waals surface area contributed by atoms with Crippen molar-refractivity contribution in [3.8, 4) is 0 Å². The normalized spacial score (nSPS) is 11.0. The number of carbonyl (C=O) groups is 1. The molecule has 0 unspecified atom stereocenters. The molecule has 3 rings (SSSR count). The summed E-state index contributed by atoms with van der Waals surface area (Å²) in [6.07, 6.45) is 2.55. The second-order valence-corrected chi connectivity index (χ2v) is 6.49. The number of aromatic nitrogens is 1. The molecule has 7 heteroatoms. The van der Waals surface area contributed by atoms with E-state index in [1.165, 1.54) is 6.20 Å². The van der Waals surface area contributed by atoms with Crippen LogP contribution in [-0.4, -0.2) is 22.2 Å². The van der Waals surface area contributed by atoms with E-state index in [-0.39, 0.29) is 17.6 Å². The highest BCUT2D eigenvalue weighted by molar-refractivity contribution is 6.30. The molecule has 1 amide bonds. The van der Waals surface area contributed by atoms with Crippen molar-refractivity contribution in [3.63, 3.8) is 0 Å². The monoisotopic (exact) mass is 374 g/mol. The molecule has 0 aliphatic carbocycles. The average molecular weight is 375 g/mol. The molecule has 3 aromatic rings. The number of fused-ring (bicyclic) bond motifs is 1. The van der Waals surface area contributed by atoms with Crippen molar-refractivity contribution in [2.24, 2.45) is 7.05 Å². The summed E-state index contributed by atoms with van der Waals surface area (Å²) in [6, 6.07) is 8.76. The summed E-state index contributed by atoms with van der Waals surface area (Å²) in [6.45, 7) is 0.343. The van der Waals surface area contributed by atoms with Gasteiger partial charge in [0, 0.05) is 37.8 Å². The van der Waals surface area contributed by atoms with E-state index in [1.54, 1.807) is 29.8 Å². The van der Waals surface area contributed by atoms with Crippen LogP contribution in [0.3, 0.4) is 0 Å². The van der Waals surface area contributed by atoms with Crippen molar-refractivity contribution in [1.29, 1.82) is 0 Å². The fourth-order valence-corrected chi connectivity index (χ4v) is 2.86. The highest BCUT2D eigenvalue weighted by Crippen LogP contribution is 2.18. The quantitative estimate of drug-likeness (QED) is 0.694. The van der Waals surface area contributed by atoms with Gasteiger partial charge < -0.3 is 19.4 Å². The number of nitrogens with one attached hydrogen (secondary N) is 1. The molecule has 0 aliphatic rings. The molecule has 136 valence electrons. The van der Waals surface area contributed by atoms with Gasteiger partial charge in [-0.2, -0.15) is 0 Å². The average Bonchev–Trinajstić information content (AvgIpc) is 3.07. The lowest BCUT2D eigenvalue weighted by atomic mass is 10.1. The second kappa shape index (κ2) is 7.76. The zero-order chi connectivity index (χ0) is 18.7. The van der Waals surface area contributed by atoms with Crippen LogP contribution in [0, 0.1) is 0 Å². The first-order chi connectivity index (χ1) is 12.5. The van der Waals surface area contributed by atoms with Gasteiger partial charge in [-0.25, -0.2) is 0 Å². The third-order valence-corrected chi connectivity index (χ3v) is 4.34. The second-order valence-electron chi connectivity index (χ2n) is 6.05. The van der Waals surface area contributed by atoms with E-state index in [0.717, 1.165) is 5.56 Å². The molecule has 0 saturated heterocycles. The van der Waals surface area contributed by atoms with E-state index >= 15 is 0 Å². The van der Waals surface area contributed by atoms with Crippen LogP contribution in [0.4, 0.5) is 0 Å². The van der Waals surface area contributed by atoms with Gasteiger partial charge in [-0.15, -0.1) is 0 Å². The number of aliphatic hydroxyl groups is 1. The third-order valence-electron chi connectivity index (χ3n) is 4.09. The number of pyridine rings is 1. The topological polar surface area (TPSA) is 84.5 Å². The number of benzene rings is 1. The fourth-order valence-electron chi connectivity index (χ4n) is 2.73. The number of nitrogens with zero attached hydrogens (tertiary/aromatic N) is 1. The largest absolute Gasteiger partial charge is 0.444 e. The summed E-state index contributed by atoms with van der Waals surface area (Å²) in [5, 5.41) is 12.7. The molecular formula is C19H19ClN2O4. The summed E-state index contributed by atoms with van der Waals surface area (Å²) in [7, 11) is 1.72. The maximum atomic E-state index is 12.7. The Kier molecular flexibility index (Phi) is 5.44. The summed E-state index contributed by atoms with van der Waals surface area (Å²) < 4.78 is 7.29. The minimum Gasteiger partial charge on any atom is -0.444 e. The van der Waals surface area contributed by atoms with E-state index in [4.69, 9.17) is 21.1 Å². The summed E-state index contributed by atoms with van der Waals surface area (Å²) in [4.78, 5) is 25.1. The van der Waals surface area contributed by atoms with E-state index in [9.17, 15) is 9.59 Å². The van der Waals surface area contributed by atoms with Crippen molar-refractivity contribution in [2.75, 3.05) is 6.61 Å².